The summed E-state index contributed by atoms with van der Waals surface area (Å²) in [5.41, 5.74) is 0.717. The van der Waals surface area contributed by atoms with Crippen molar-refractivity contribution in [2.45, 2.75) is 38.4 Å². The monoisotopic (exact) mass is 353 g/mol. The standard InChI is InChI=1S/C20H23N3O3/c1-14-18(26-17-10-4-3-9-16(17)25-14)20(24)22-15-8-7-11-21-19(15)23-12-5-2-6-13-23/h3-4,7-11,14,18H,2,5-6,12-13H2,1H3,(H,22,24). The van der Waals surface area contributed by atoms with Crippen LogP contribution in [0.4, 0.5) is 11.5 Å². The van der Waals surface area contributed by atoms with Crippen LogP contribution in [0.1, 0.15) is 26.2 Å². The molecular formula is C20H23N3O3. The van der Waals surface area contributed by atoms with Crippen molar-refractivity contribution in [3.63, 3.8) is 0 Å². The molecule has 4 rings (SSSR count). The summed E-state index contributed by atoms with van der Waals surface area (Å²) in [6, 6.07) is 11.1. The number of rotatable bonds is 3. The van der Waals surface area contributed by atoms with Crippen LogP contribution >= 0.6 is 0 Å². The lowest BCUT2D eigenvalue weighted by Gasteiger charge is -2.32. The van der Waals surface area contributed by atoms with Crippen molar-refractivity contribution < 1.29 is 14.3 Å². The molecule has 6 nitrogen and oxygen atoms in total. The molecule has 1 fully saturated rings. The summed E-state index contributed by atoms with van der Waals surface area (Å²) in [7, 11) is 0. The molecule has 1 saturated heterocycles. The topological polar surface area (TPSA) is 63.7 Å². The second-order valence-corrected chi connectivity index (χ2v) is 6.72. The smallest absolute Gasteiger partial charge is 0.269 e. The molecule has 2 aromatic rings. The van der Waals surface area contributed by atoms with E-state index in [2.05, 4.69) is 15.2 Å². The van der Waals surface area contributed by atoms with Gasteiger partial charge in [0.05, 0.1) is 5.69 Å². The molecule has 2 aliphatic rings. The van der Waals surface area contributed by atoms with E-state index in [0.29, 0.717) is 17.2 Å². The van der Waals surface area contributed by atoms with Crippen LogP contribution in [-0.2, 0) is 4.79 Å². The maximum Gasteiger partial charge on any atom is 0.269 e. The number of carbonyl (C=O) groups is 1. The van der Waals surface area contributed by atoms with Crippen LogP contribution in [0, 0.1) is 0 Å². The number of ether oxygens (including phenoxy) is 2. The lowest BCUT2D eigenvalue weighted by atomic mass is 10.1. The van der Waals surface area contributed by atoms with Crippen molar-refractivity contribution in [2.75, 3.05) is 23.3 Å². The van der Waals surface area contributed by atoms with Crippen LogP contribution in [-0.4, -0.2) is 36.2 Å². The first-order valence-corrected chi connectivity index (χ1v) is 9.15. The van der Waals surface area contributed by atoms with E-state index < -0.39 is 6.10 Å². The summed E-state index contributed by atoms with van der Waals surface area (Å²) < 4.78 is 11.7. The number of amides is 1. The summed E-state index contributed by atoms with van der Waals surface area (Å²) in [5, 5.41) is 2.99. The van der Waals surface area contributed by atoms with Crippen molar-refractivity contribution in [1.82, 2.24) is 4.98 Å². The molecule has 136 valence electrons. The number of piperidine rings is 1. The second-order valence-electron chi connectivity index (χ2n) is 6.72. The molecular weight excluding hydrogens is 330 g/mol. The van der Waals surface area contributed by atoms with Gasteiger partial charge in [-0.25, -0.2) is 4.98 Å². The Balaban J connectivity index is 1.52. The first-order valence-electron chi connectivity index (χ1n) is 9.15. The Kier molecular flexibility index (Phi) is 4.65. The maximum atomic E-state index is 12.9. The fraction of sp³-hybridized carbons (Fsp3) is 0.400. The minimum Gasteiger partial charge on any atom is -0.482 e. The van der Waals surface area contributed by atoms with Crippen LogP contribution in [0.2, 0.25) is 0 Å². The Bertz CT molecular complexity index is 789. The Morgan fingerprint density at radius 2 is 1.81 bits per heavy atom. The Hall–Kier alpha value is -2.76. The van der Waals surface area contributed by atoms with Gasteiger partial charge in [0.15, 0.2) is 17.3 Å². The van der Waals surface area contributed by atoms with Crippen LogP contribution in [0.3, 0.4) is 0 Å². The van der Waals surface area contributed by atoms with Crippen LogP contribution in [0.5, 0.6) is 11.5 Å². The van der Waals surface area contributed by atoms with E-state index in [9.17, 15) is 4.79 Å². The second kappa shape index (κ2) is 7.23. The molecule has 3 heterocycles. The molecule has 1 N–H and O–H groups in total. The molecule has 6 heteroatoms. The van der Waals surface area contributed by atoms with Crippen LogP contribution in [0.25, 0.3) is 0 Å². The predicted molar refractivity (Wildman–Crippen MR) is 99.9 cm³/mol. The highest BCUT2D eigenvalue weighted by Crippen LogP contribution is 2.34. The van der Waals surface area contributed by atoms with E-state index in [1.165, 1.54) is 6.42 Å². The highest BCUT2D eigenvalue weighted by atomic mass is 16.6. The van der Waals surface area contributed by atoms with Gasteiger partial charge < -0.3 is 19.7 Å². The van der Waals surface area contributed by atoms with E-state index in [1.807, 2.05) is 43.3 Å². The van der Waals surface area contributed by atoms with Crippen molar-refractivity contribution in [3.05, 3.63) is 42.6 Å². The van der Waals surface area contributed by atoms with Crippen molar-refractivity contribution in [2.24, 2.45) is 0 Å². The molecule has 2 atom stereocenters. The van der Waals surface area contributed by atoms with Gasteiger partial charge in [0.1, 0.15) is 6.10 Å². The predicted octanol–water partition coefficient (Wildman–Crippen LogP) is 3.24. The van der Waals surface area contributed by atoms with Gasteiger partial charge in [-0.05, 0) is 50.5 Å². The number of hydrogen-bond donors (Lipinski definition) is 1. The van der Waals surface area contributed by atoms with Gasteiger partial charge in [0, 0.05) is 19.3 Å². The minimum atomic E-state index is -0.709. The van der Waals surface area contributed by atoms with Gasteiger partial charge >= 0.3 is 0 Å². The molecule has 1 aromatic carbocycles. The third-order valence-electron chi connectivity index (χ3n) is 4.80. The maximum absolute atomic E-state index is 12.9. The van der Waals surface area contributed by atoms with Gasteiger partial charge in [-0.3, -0.25) is 4.79 Å². The third-order valence-corrected chi connectivity index (χ3v) is 4.80. The number of carbonyl (C=O) groups excluding carboxylic acids is 1. The fourth-order valence-corrected chi connectivity index (χ4v) is 3.46. The van der Waals surface area contributed by atoms with E-state index in [4.69, 9.17) is 9.47 Å². The molecule has 2 unspecified atom stereocenters. The summed E-state index contributed by atoms with van der Waals surface area (Å²) >= 11 is 0. The number of nitrogens with zero attached hydrogens (tertiary/aromatic N) is 2. The van der Waals surface area contributed by atoms with E-state index in [0.717, 1.165) is 31.7 Å². The molecule has 1 amide bonds. The summed E-state index contributed by atoms with van der Waals surface area (Å²) in [5.74, 6) is 1.86. The van der Waals surface area contributed by atoms with Crippen molar-refractivity contribution in [3.8, 4) is 11.5 Å². The van der Waals surface area contributed by atoms with Crippen LogP contribution in [0.15, 0.2) is 42.6 Å². The number of anilines is 2. The van der Waals surface area contributed by atoms with Gasteiger partial charge in [-0.1, -0.05) is 12.1 Å². The lowest BCUT2D eigenvalue weighted by Crippen LogP contribution is -2.46. The Morgan fingerprint density at radius 1 is 1.08 bits per heavy atom. The highest BCUT2D eigenvalue weighted by Gasteiger charge is 2.34. The number of benzene rings is 1. The average Bonchev–Trinajstić information content (AvgIpc) is 2.68. The number of para-hydroxylation sites is 2. The Labute approximate surface area is 153 Å². The van der Waals surface area contributed by atoms with Gasteiger partial charge in [-0.15, -0.1) is 0 Å². The van der Waals surface area contributed by atoms with Gasteiger partial charge in [-0.2, -0.15) is 0 Å². The molecule has 0 radical (unpaired) electrons. The Morgan fingerprint density at radius 3 is 2.58 bits per heavy atom. The molecule has 0 aliphatic carbocycles. The summed E-state index contributed by atoms with van der Waals surface area (Å²) in [6.45, 7) is 3.77. The van der Waals surface area contributed by atoms with Gasteiger partial charge in [0.2, 0.25) is 6.10 Å². The zero-order valence-corrected chi connectivity index (χ0v) is 14.9. The number of nitrogens with one attached hydrogen (secondary N) is 1. The SMILES string of the molecule is CC1Oc2ccccc2OC1C(=O)Nc1cccnc1N1CCCCC1. The van der Waals surface area contributed by atoms with E-state index in [1.54, 1.807) is 6.20 Å². The summed E-state index contributed by atoms with van der Waals surface area (Å²) in [4.78, 5) is 19.6. The molecule has 0 bridgehead atoms. The summed E-state index contributed by atoms with van der Waals surface area (Å²) in [6.07, 6.45) is 4.22. The number of fused-ring (bicyclic) bond motifs is 1. The van der Waals surface area contributed by atoms with Crippen molar-refractivity contribution >= 4 is 17.4 Å². The van der Waals surface area contributed by atoms with Gasteiger partial charge in [0.25, 0.3) is 5.91 Å². The first-order chi connectivity index (χ1) is 12.7. The first kappa shape index (κ1) is 16.7. The molecule has 0 saturated carbocycles. The van der Waals surface area contributed by atoms with E-state index >= 15 is 0 Å². The number of pyridine rings is 1. The molecule has 0 spiro atoms. The van der Waals surface area contributed by atoms with E-state index in [-0.39, 0.29) is 12.0 Å². The fourth-order valence-electron chi connectivity index (χ4n) is 3.46. The quantitative estimate of drug-likeness (QED) is 0.918. The largest absolute Gasteiger partial charge is 0.482 e. The zero-order chi connectivity index (χ0) is 17.9. The average molecular weight is 353 g/mol. The molecule has 1 aromatic heterocycles. The minimum absolute atomic E-state index is 0.224. The zero-order valence-electron chi connectivity index (χ0n) is 14.9. The van der Waals surface area contributed by atoms with Crippen molar-refractivity contribution in [1.29, 1.82) is 0 Å². The normalized spacial score (nSPS) is 22.0. The molecule has 26 heavy (non-hydrogen) atoms. The molecule has 2 aliphatic heterocycles. The third kappa shape index (κ3) is 3.31. The highest BCUT2D eigenvalue weighted by molar-refractivity contribution is 5.97. The lowest BCUT2D eigenvalue weighted by molar-refractivity contribution is -0.128. The van der Waals surface area contributed by atoms with Crippen LogP contribution < -0.4 is 19.7 Å². The number of aromatic nitrogens is 1. The number of hydrogen-bond acceptors (Lipinski definition) is 5.